The topological polar surface area (TPSA) is 58.2 Å². The Labute approximate surface area is 130 Å². The van der Waals surface area contributed by atoms with Crippen LogP contribution in [0, 0.1) is 0 Å². The Morgan fingerprint density at radius 2 is 2.00 bits per heavy atom. The van der Waals surface area contributed by atoms with Crippen LogP contribution in [0.3, 0.4) is 0 Å². The van der Waals surface area contributed by atoms with Crippen LogP contribution in [-0.4, -0.2) is 34.8 Å². The number of rotatable bonds is 7. The molecule has 0 saturated heterocycles. The first-order valence-electron chi connectivity index (χ1n) is 5.49. The van der Waals surface area contributed by atoms with Crippen LogP contribution in [0.5, 0.6) is 0 Å². The van der Waals surface area contributed by atoms with Crippen molar-refractivity contribution in [3.63, 3.8) is 0 Å². The molecule has 0 spiro atoms. The third kappa shape index (κ3) is 5.89. The van der Waals surface area contributed by atoms with Crippen molar-refractivity contribution in [2.45, 2.75) is 16.2 Å². The molecule has 8 heteroatoms. The van der Waals surface area contributed by atoms with Crippen molar-refractivity contribution < 1.29 is 8.42 Å². The molecule has 0 aliphatic heterocycles. The van der Waals surface area contributed by atoms with Crippen LogP contribution in [-0.2, 0) is 10.0 Å². The molecule has 0 fully saturated rings. The summed E-state index contributed by atoms with van der Waals surface area (Å²) >= 11 is 7.48. The molecule has 19 heavy (non-hydrogen) atoms. The van der Waals surface area contributed by atoms with Gasteiger partial charge >= 0.3 is 0 Å². The zero-order chi connectivity index (χ0) is 13.6. The average molecular weight is 345 g/mol. The average Bonchev–Trinajstić information content (AvgIpc) is 2.34. The molecule has 2 N–H and O–H groups in total. The minimum atomic E-state index is -3.46. The van der Waals surface area contributed by atoms with E-state index in [1.165, 1.54) is 17.8 Å². The Hall–Kier alpha value is 0.0200. The minimum absolute atomic E-state index is 0. The van der Waals surface area contributed by atoms with E-state index in [4.69, 9.17) is 11.6 Å². The Bertz CT molecular complexity index is 495. The van der Waals surface area contributed by atoms with Crippen LogP contribution in [0.1, 0.15) is 6.42 Å². The van der Waals surface area contributed by atoms with E-state index in [1.54, 1.807) is 12.1 Å². The van der Waals surface area contributed by atoms with E-state index < -0.39 is 10.0 Å². The van der Waals surface area contributed by atoms with E-state index in [2.05, 4.69) is 10.0 Å². The molecule has 110 valence electrons. The Balaban J connectivity index is 0.00000324. The number of benzene rings is 1. The largest absolute Gasteiger partial charge is 0.320 e. The lowest BCUT2D eigenvalue weighted by molar-refractivity contribution is 0.577. The summed E-state index contributed by atoms with van der Waals surface area (Å²) in [6.45, 7) is 1.18. The molecule has 0 aliphatic carbocycles. The van der Waals surface area contributed by atoms with Gasteiger partial charge in [0.25, 0.3) is 0 Å². The van der Waals surface area contributed by atoms with E-state index >= 15 is 0 Å². The fourth-order valence-electron chi connectivity index (χ4n) is 1.37. The van der Waals surface area contributed by atoms with Crippen molar-refractivity contribution in [2.24, 2.45) is 0 Å². The third-order valence-corrected chi connectivity index (χ3v) is 5.01. The first-order chi connectivity index (χ1) is 8.51. The zero-order valence-electron chi connectivity index (χ0n) is 10.8. The molecule has 0 aliphatic rings. The summed E-state index contributed by atoms with van der Waals surface area (Å²) in [6, 6.07) is 4.76. The van der Waals surface area contributed by atoms with Gasteiger partial charge in [-0.2, -0.15) is 0 Å². The van der Waals surface area contributed by atoms with E-state index in [-0.39, 0.29) is 17.3 Å². The third-order valence-electron chi connectivity index (χ3n) is 2.33. The van der Waals surface area contributed by atoms with Gasteiger partial charge in [0.1, 0.15) is 0 Å². The maximum atomic E-state index is 12.0. The molecule has 0 radical (unpaired) electrons. The molecule has 1 aromatic rings. The van der Waals surface area contributed by atoms with Gasteiger partial charge in [-0.15, -0.1) is 24.2 Å². The monoisotopic (exact) mass is 344 g/mol. The van der Waals surface area contributed by atoms with Gasteiger partial charge in [0.2, 0.25) is 10.0 Å². The summed E-state index contributed by atoms with van der Waals surface area (Å²) in [5, 5.41) is 3.42. The standard InChI is InChI=1S/C11H17ClN2O2S2.ClH/c1-13-6-3-7-14-18(15,16)9-4-5-11(17-2)10(12)8-9;/h4-5,8,13-14H,3,6-7H2,1-2H3;1H. The van der Waals surface area contributed by atoms with Crippen LogP contribution in [0.15, 0.2) is 28.0 Å². The van der Waals surface area contributed by atoms with Gasteiger partial charge < -0.3 is 5.32 Å². The van der Waals surface area contributed by atoms with E-state index in [1.807, 2.05) is 13.3 Å². The summed E-state index contributed by atoms with van der Waals surface area (Å²) in [7, 11) is -1.63. The van der Waals surface area contributed by atoms with Crippen LogP contribution < -0.4 is 10.0 Å². The molecular weight excluding hydrogens is 327 g/mol. The van der Waals surface area contributed by atoms with E-state index in [0.717, 1.165) is 17.9 Å². The van der Waals surface area contributed by atoms with Crippen LogP contribution in [0.4, 0.5) is 0 Å². The van der Waals surface area contributed by atoms with Gasteiger partial charge in [-0.05, 0) is 44.5 Å². The highest BCUT2D eigenvalue weighted by Gasteiger charge is 2.14. The minimum Gasteiger partial charge on any atom is -0.320 e. The fraction of sp³-hybridized carbons (Fsp3) is 0.455. The number of thioether (sulfide) groups is 1. The molecule has 0 heterocycles. The second kappa shape index (κ2) is 9.05. The number of nitrogens with one attached hydrogen (secondary N) is 2. The molecule has 0 bridgehead atoms. The van der Waals surface area contributed by atoms with Crippen molar-refractivity contribution in [1.82, 2.24) is 10.0 Å². The van der Waals surface area contributed by atoms with Gasteiger partial charge in [-0.3, -0.25) is 0 Å². The second-order valence-electron chi connectivity index (χ2n) is 3.65. The normalized spacial score (nSPS) is 11.1. The van der Waals surface area contributed by atoms with Crippen molar-refractivity contribution in [2.75, 3.05) is 26.4 Å². The molecule has 0 amide bonds. The Morgan fingerprint density at radius 3 is 2.53 bits per heavy atom. The van der Waals surface area contributed by atoms with Crippen LogP contribution in [0.25, 0.3) is 0 Å². The van der Waals surface area contributed by atoms with Gasteiger partial charge in [0.05, 0.1) is 9.92 Å². The first-order valence-corrected chi connectivity index (χ1v) is 8.57. The molecular formula is C11H18Cl2N2O2S2. The number of hydrogen-bond acceptors (Lipinski definition) is 4. The summed E-state index contributed by atoms with van der Waals surface area (Å²) in [5.41, 5.74) is 0. The SMILES string of the molecule is CNCCCNS(=O)(=O)c1ccc(SC)c(Cl)c1.Cl. The Kier molecular flexibility index (Phi) is 9.06. The Morgan fingerprint density at radius 1 is 1.32 bits per heavy atom. The number of sulfonamides is 1. The highest BCUT2D eigenvalue weighted by atomic mass is 35.5. The molecule has 0 atom stereocenters. The van der Waals surface area contributed by atoms with Gasteiger partial charge in [0.15, 0.2) is 0 Å². The maximum absolute atomic E-state index is 12.0. The van der Waals surface area contributed by atoms with Crippen molar-refractivity contribution in [1.29, 1.82) is 0 Å². The molecule has 1 rings (SSSR count). The predicted octanol–water partition coefficient (Wildman–Crippen LogP) is 2.37. The maximum Gasteiger partial charge on any atom is 0.240 e. The van der Waals surface area contributed by atoms with E-state index in [9.17, 15) is 8.42 Å². The van der Waals surface area contributed by atoms with Crippen molar-refractivity contribution in [3.8, 4) is 0 Å². The lowest BCUT2D eigenvalue weighted by Gasteiger charge is -2.08. The second-order valence-corrected chi connectivity index (χ2v) is 6.67. The van der Waals surface area contributed by atoms with Gasteiger partial charge in [-0.25, -0.2) is 13.1 Å². The highest BCUT2D eigenvalue weighted by Crippen LogP contribution is 2.27. The summed E-state index contributed by atoms with van der Waals surface area (Å²) in [4.78, 5) is 1.07. The van der Waals surface area contributed by atoms with Crippen LogP contribution in [0.2, 0.25) is 5.02 Å². The lowest BCUT2D eigenvalue weighted by atomic mass is 10.4. The summed E-state index contributed by atoms with van der Waals surface area (Å²) in [6.07, 6.45) is 2.64. The van der Waals surface area contributed by atoms with Crippen molar-refractivity contribution >= 4 is 45.8 Å². The lowest BCUT2D eigenvalue weighted by Crippen LogP contribution is -2.26. The fourth-order valence-corrected chi connectivity index (χ4v) is 3.40. The predicted molar refractivity (Wildman–Crippen MR) is 84.2 cm³/mol. The molecule has 0 aromatic heterocycles. The zero-order valence-corrected chi connectivity index (χ0v) is 14.0. The van der Waals surface area contributed by atoms with Gasteiger partial charge in [0, 0.05) is 11.4 Å². The van der Waals surface area contributed by atoms with E-state index in [0.29, 0.717) is 11.6 Å². The quantitative estimate of drug-likeness (QED) is 0.588. The first kappa shape index (κ1) is 19.0. The highest BCUT2D eigenvalue weighted by molar-refractivity contribution is 7.98. The van der Waals surface area contributed by atoms with Gasteiger partial charge in [-0.1, -0.05) is 11.6 Å². The molecule has 0 unspecified atom stereocenters. The molecule has 0 saturated carbocycles. The molecule has 1 aromatic carbocycles. The number of hydrogen-bond donors (Lipinski definition) is 2. The smallest absolute Gasteiger partial charge is 0.240 e. The van der Waals surface area contributed by atoms with Crippen molar-refractivity contribution in [3.05, 3.63) is 23.2 Å². The van der Waals surface area contributed by atoms with Crippen LogP contribution >= 0.6 is 35.8 Å². The number of halogens is 2. The summed E-state index contributed by atoms with van der Waals surface area (Å²) < 4.78 is 26.4. The summed E-state index contributed by atoms with van der Waals surface area (Å²) in [5.74, 6) is 0. The molecule has 4 nitrogen and oxygen atoms in total.